The van der Waals surface area contributed by atoms with Gasteiger partial charge in [-0.3, -0.25) is 0 Å². The Balaban J connectivity index is 2.35. The Morgan fingerprint density at radius 1 is 1.43 bits per heavy atom. The molecule has 1 aliphatic carbocycles. The molecule has 0 amide bonds. The van der Waals surface area contributed by atoms with E-state index in [1.54, 1.807) is 0 Å². The van der Waals surface area contributed by atoms with Gasteiger partial charge in [0.1, 0.15) is 0 Å². The topological polar surface area (TPSA) is 46.2 Å². The number of rotatable bonds is 1. The van der Waals surface area contributed by atoms with Crippen LogP contribution in [-0.4, -0.2) is 11.2 Å². The molecule has 0 bridgehead atoms. The number of aliphatic hydroxyl groups is 1. The second kappa shape index (κ2) is 3.37. The van der Waals surface area contributed by atoms with Gasteiger partial charge in [0.2, 0.25) is 0 Å². The van der Waals surface area contributed by atoms with Gasteiger partial charge >= 0.3 is 0 Å². The van der Waals surface area contributed by atoms with Gasteiger partial charge in [0, 0.05) is 5.54 Å². The summed E-state index contributed by atoms with van der Waals surface area (Å²) in [5.41, 5.74) is 8.43. The van der Waals surface area contributed by atoms with Crippen LogP contribution in [-0.2, 0) is 5.54 Å². The van der Waals surface area contributed by atoms with Gasteiger partial charge in [0.15, 0.2) is 0 Å². The van der Waals surface area contributed by atoms with Crippen LogP contribution in [0.5, 0.6) is 0 Å². The van der Waals surface area contributed by atoms with Crippen LogP contribution in [0, 0.1) is 6.92 Å². The zero-order chi connectivity index (χ0) is 10.2. The normalized spacial score (nSPS) is 32.1. The second-order valence-electron chi connectivity index (χ2n) is 4.37. The molecule has 2 heteroatoms. The van der Waals surface area contributed by atoms with Crippen LogP contribution in [0.4, 0.5) is 0 Å². The molecular weight excluding hydrogens is 174 g/mol. The summed E-state index contributed by atoms with van der Waals surface area (Å²) in [4.78, 5) is 0. The Hall–Kier alpha value is -0.860. The second-order valence-corrected chi connectivity index (χ2v) is 4.37. The summed E-state index contributed by atoms with van der Waals surface area (Å²) < 4.78 is 0. The van der Waals surface area contributed by atoms with E-state index in [-0.39, 0.29) is 11.6 Å². The summed E-state index contributed by atoms with van der Waals surface area (Å²) in [5.74, 6) is 0. The summed E-state index contributed by atoms with van der Waals surface area (Å²) >= 11 is 0. The molecule has 2 unspecified atom stereocenters. The first-order valence-electron chi connectivity index (χ1n) is 5.15. The lowest BCUT2D eigenvalue weighted by Crippen LogP contribution is -2.34. The van der Waals surface area contributed by atoms with Crippen molar-refractivity contribution in [1.29, 1.82) is 0 Å². The maximum absolute atomic E-state index is 9.54. The molecule has 0 aromatic heterocycles. The minimum atomic E-state index is -0.301. The molecule has 1 aliphatic rings. The van der Waals surface area contributed by atoms with Crippen molar-refractivity contribution >= 4 is 0 Å². The average Bonchev–Trinajstić information content (AvgIpc) is 2.48. The van der Waals surface area contributed by atoms with E-state index in [1.165, 1.54) is 11.1 Å². The number of aliphatic hydroxyl groups excluding tert-OH is 1. The summed E-state index contributed by atoms with van der Waals surface area (Å²) in [6.07, 6.45) is 2.18. The fourth-order valence-electron chi connectivity index (χ4n) is 2.42. The Bertz CT molecular complexity index is 337. The molecule has 0 radical (unpaired) electrons. The van der Waals surface area contributed by atoms with E-state index in [4.69, 9.17) is 5.73 Å². The SMILES string of the molecule is Cc1ccccc1C1(N)CCC(O)C1. The van der Waals surface area contributed by atoms with Crippen LogP contribution in [0.1, 0.15) is 30.4 Å². The molecule has 0 spiro atoms. The monoisotopic (exact) mass is 191 g/mol. The third-order valence-electron chi connectivity index (χ3n) is 3.21. The van der Waals surface area contributed by atoms with E-state index in [9.17, 15) is 5.11 Å². The molecule has 76 valence electrons. The summed E-state index contributed by atoms with van der Waals surface area (Å²) in [5, 5.41) is 9.54. The zero-order valence-electron chi connectivity index (χ0n) is 8.53. The highest BCUT2D eigenvalue weighted by atomic mass is 16.3. The maximum atomic E-state index is 9.54. The highest BCUT2D eigenvalue weighted by molar-refractivity contribution is 5.33. The first-order chi connectivity index (χ1) is 6.62. The van der Waals surface area contributed by atoms with Crippen molar-refractivity contribution in [3.63, 3.8) is 0 Å². The quantitative estimate of drug-likeness (QED) is 0.709. The molecule has 0 saturated heterocycles. The van der Waals surface area contributed by atoms with Crippen molar-refractivity contribution in [3.05, 3.63) is 35.4 Å². The van der Waals surface area contributed by atoms with Gasteiger partial charge in [0.25, 0.3) is 0 Å². The summed E-state index contributed by atoms with van der Waals surface area (Å²) in [7, 11) is 0. The van der Waals surface area contributed by atoms with Crippen molar-refractivity contribution in [1.82, 2.24) is 0 Å². The van der Waals surface area contributed by atoms with Crippen molar-refractivity contribution in [2.24, 2.45) is 5.73 Å². The van der Waals surface area contributed by atoms with Gasteiger partial charge in [0.05, 0.1) is 6.10 Å². The summed E-state index contributed by atoms with van der Waals surface area (Å²) in [6, 6.07) is 8.19. The van der Waals surface area contributed by atoms with Gasteiger partial charge in [-0.25, -0.2) is 0 Å². The Morgan fingerprint density at radius 2 is 2.14 bits per heavy atom. The van der Waals surface area contributed by atoms with Crippen LogP contribution in [0.3, 0.4) is 0 Å². The van der Waals surface area contributed by atoms with Crippen LogP contribution in [0.2, 0.25) is 0 Å². The largest absolute Gasteiger partial charge is 0.393 e. The first kappa shape index (κ1) is 9.69. The highest BCUT2D eigenvalue weighted by Crippen LogP contribution is 2.37. The highest BCUT2D eigenvalue weighted by Gasteiger charge is 2.36. The molecule has 1 aromatic rings. The number of hydrogen-bond donors (Lipinski definition) is 2. The molecule has 1 aromatic carbocycles. The van der Waals surface area contributed by atoms with Gasteiger partial charge in [-0.05, 0) is 37.3 Å². The number of benzene rings is 1. The van der Waals surface area contributed by atoms with Crippen molar-refractivity contribution < 1.29 is 5.11 Å². The van der Waals surface area contributed by atoms with Crippen LogP contribution in [0.25, 0.3) is 0 Å². The fraction of sp³-hybridized carbons (Fsp3) is 0.500. The molecule has 2 nitrogen and oxygen atoms in total. The summed E-state index contributed by atoms with van der Waals surface area (Å²) in [6.45, 7) is 2.08. The Kier molecular flexibility index (Phi) is 2.33. The van der Waals surface area contributed by atoms with Crippen LogP contribution in [0.15, 0.2) is 24.3 Å². The van der Waals surface area contributed by atoms with Gasteiger partial charge < -0.3 is 10.8 Å². The standard InChI is InChI=1S/C12H17NO/c1-9-4-2-3-5-11(9)12(13)7-6-10(14)8-12/h2-5,10,14H,6-8,13H2,1H3. The molecule has 3 N–H and O–H groups in total. The minimum absolute atomic E-state index is 0.223. The number of hydrogen-bond acceptors (Lipinski definition) is 2. The molecule has 0 heterocycles. The van der Waals surface area contributed by atoms with Crippen molar-refractivity contribution in [2.45, 2.75) is 37.8 Å². The van der Waals surface area contributed by atoms with E-state index < -0.39 is 0 Å². The average molecular weight is 191 g/mol. The lowest BCUT2D eigenvalue weighted by atomic mass is 9.86. The fourth-order valence-corrected chi connectivity index (χ4v) is 2.42. The lowest BCUT2D eigenvalue weighted by Gasteiger charge is -2.26. The molecular formula is C12H17NO. The van der Waals surface area contributed by atoms with E-state index >= 15 is 0 Å². The number of nitrogens with two attached hydrogens (primary N) is 1. The molecule has 14 heavy (non-hydrogen) atoms. The van der Waals surface area contributed by atoms with Crippen molar-refractivity contribution in [3.8, 4) is 0 Å². The number of aryl methyl sites for hydroxylation is 1. The molecule has 1 saturated carbocycles. The van der Waals surface area contributed by atoms with Crippen LogP contribution < -0.4 is 5.73 Å². The van der Waals surface area contributed by atoms with E-state index in [1.807, 2.05) is 12.1 Å². The third-order valence-corrected chi connectivity index (χ3v) is 3.21. The molecule has 2 atom stereocenters. The van der Waals surface area contributed by atoms with Gasteiger partial charge in [-0.2, -0.15) is 0 Å². The predicted molar refractivity (Wildman–Crippen MR) is 56.9 cm³/mol. The lowest BCUT2D eigenvalue weighted by molar-refractivity contribution is 0.174. The Morgan fingerprint density at radius 3 is 2.71 bits per heavy atom. The molecule has 0 aliphatic heterocycles. The van der Waals surface area contributed by atoms with Gasteiger partial charge in [-0.15, -0.1) is 0 Å². The smallest absolute Gasteiger partial charge is 0.0561 e. The molecule has 2 rings (SSSR count). The Labute approximate surface area is 84.7 Å². The molecule has 1 fully saturated rings. The van der Waals surface area contributed by atoms with Crippen molar-refractivity contribution in [2.75, 3.05) is 0 Å². The first-order valence-corrected chi connectivity index (χ1v) is 5.15. The van der Waals surface area contributed by atoms with E-state index in [2.05, 4.69) is 19.1 Å². The maximum Gasteiger partial charge on any atom is 0.0561 e. The predicted octanol–water partition coefficient (Wildman–Crippen LogP) is 1.69. The minimum Gasteiger partial charge on any atom is -0.393 e. The van der Waals surface area contributed by atoms with E-state index in [0.717, 1.165) is 12.8 Å². The van der Waals surface area contributed by atoms with Crippen LogP contribution >= 0.6 is 0 Å². The third kappa shape index (κ3) is 1.56. The zero-order valence-corrected chi connectivity index (χ0v) is 8.53. The van der Waals surface area contributed by atoms with Gasteiger partial charge in [-0.1, -0.05) is 24.3 Å². The van der Waals surface area contributed by atoms with E-state index in [0.29, 0.717) is 6.42 Å².